The Kier molecular flexibility index (Phi) is 5.31. The van der Waals surface area contributed by atoms with Gasteiger partial charge in [0.25, 0.3) is 5.91 Å². The molecule has 9 heteroatoms. The minimum atomic E-state index is -0.325. The Morgan fingerprint density at radius 1 is 1.15 bits per heavy atom. The van der Waals surface area contributed by atoms with E-state index in [1.165, 1.54) is 32.7 Å². The van der Waals surface area contributed by atoms with Gasteiger partial charge >= 0.3 is 0 Å². The lowest BCUT2D eigenvalue weighted by atomic mass is 10.1. The smallest absolute Gasteiger partial charge is 0.257 e. The molecule has 0 unspecified atom stereocenters. The molecule has 8 nitrogen and oxygen atoms in total. The van der Waals surface area contributed by atoms with Gasteiger partial charge < -0.3 is 18.8 Å². The van der Waals surface area contributed by atoms with E-state index >= 15 is 0 Å². The first-order valence-corrected chi connectivity index (χ1v) is 8.86. The summed E-state index contributed by atoms with van der Waals surface area (Å²) < 4.78 is 17.8. The molecule has 0 aliphatic rings. The van der Waals surface area contributed by atoms with Crippen molar-refractivity contribution in [2.24, 2.45) is 7.05 Å². The van der Waals surface area contributed by atoms with Crippen molar-refractivity contribution in [3.63, 3.8) is 0 Å². The quantitative estimate of drug-likeness (QED) is 0.698. The number of carbonyl (C=O) groups is 1. The monoisotopic (exact) mass is 388 g/mol. The zero-order valence-electron chi connectivity index (χ0n) is 15.7. The molecule has 0 saturated carbocycles. The normalized spacial score (nSPS) is 10.6. The van der Waals surface area contributed by atoms with Gasteiger partial charge in [-0.15, -0.1) is 0 Å². The van der Waals surface area contributed by atoms with Crippen LogP contribution in [0, 0.1) is 6.92 Å². The fraction of sp³-hybridized carbons (Fsp3) is 0.278. The Morgan fingerprint density at radius 2 is 1.81 bits per heavy atom. The Balaban J connectivity index is 1.89. The first-order valence-electron chi connectivity index (χ1n) is 8.05. The van der Waals surface area contributed by atoms with Crippen molar-refractivity contribution in [3.8, 4) is 28.0 Å². The highest BCUT2D eigenvalue weighted by molar-refractivity contribution is 7.19. The van der Waals surface area contributed by atoms with Gasteiger partial charge in [0, 0.05) is 25.0 Å². The van der Waals surface area contributed by atoms with Gasteiger partial charge in [0.05, 0.1) is 31.9 Å². The van der Waals surface area contributed by atoms with Gasteiger partial charge in [-0.25, -0.2) is 9.97 Å². The van der Waals surface area contributed by atoms with Crippen LogP contribution in [0.4, 0.5) is 5.13 Å². The summed E-state index contributed by atoms with van der Waals surface area (Å²) in [7, 11) is 6.43. The molecular weight excluding hydrogens is 368 g/mol. The van der Waals surface area contributed by atoms with E-state index in [2.05, 4.69) is 15.3 Å². The third kappa shape index (κ3) is 3.59. The molecule has 0 fully saturated rings. The molecule has 0 bridgehead atoms. The molecular formula is C18H20N4O4S. The van der Waals surface area contributed by atoms with Crippen molar-refractivity contribution >= 4 is 22.4 Å². The summed E-state index contributed by atoms with van der Waals surface area (Å²) in [5.41, 5.74) is 1.17. The van der Waals surface area contributed by atoms with Gasteiger partial charge in [-0.05, 0) is 19.1 Å². The molecule has 2 aromatic heterocycles. The molecule has 3 rings (SSSR count). The topological polar surface area (TPSA) is 87.5 Å². The molecule has 0 saturated heterocycles. The number of carbonyl (C=O) groups excluding carboxylic acids is 1. The summed E-state index contributed by atoms with van der Waals surface area (Å²) in [6.07, 6.45) is 3.59. The number of hydrogen-bond donors (Lipinski definition) is 1. The molecule has 0 spiro atoms. The van der Waals surface area contributed by atoms with Crippen LogP contribution in [0.5, 0.6) is 17.2 Å². The zero-order chi connectivity index (χ0) is 19.6. The van der Waals surface area contributed by atoms with Crippen molar-refractivity contribution in [1.82, 2.24) is 14.5 Å². The number of ether oxygens (including phenoxy) is 3. The average molecular weight is 388 g/mol. The molecule has 1 amide bonds. The van der Waals surface area contributed by atoms with Crippen molar-refractivity contribution < 1.29 is 19.0 Å². The van der Waals surface area contributed by atoms with E-state index in [9.17, 15) is 4.79 Å². The van der Waals surface area contributed by atoms with Crippen LogP contribution < -0.4 is 19.5 Å². The van der Waals surface area contributed by atoms with E-state index in [1.807, 2.05) is 24.7 Å². The van der Waals surface area contributed by atoms with Gasteiger partial charge in [-0.3, -0.25) is 10.1 Å². The average Bonchev–Trinajstić information content (AvgIpc) is 3.24. The molecule has 0 aliphatic heterocycles. The van der Waals surface area contributed by atoms with E-state index in [1.54, 1.807) is 18.3 Å². The molecule has 1 aromatic carbocycles. The van der Waals surface area contributed by atoms with Gasteiger partial charge in [0.15, 0.2) is 22.5 Å². The van der Waals surface area contributed by atoms with Gasteiger partial charge in [-0.1, -0.05) is 11.3 Å². The third-order valence-electron chi connectivity index (χ3n) is 3.97. The summed E-state index contributed by atoms with van der Waals surface area (Å²) in [4.78, 5) is 22.4. The molecule has 27 heavy (non-hydrogen) atoms. The Bertz CT molecular complexity index is 955. The number of aromatic nitrogens is 3. The zero-order valence-corrected chi connectivity index (χ0v) is 16.5. The van der Waals surface area contributed by atoms with E-state index in [0.29, 0.717) is 27.9 Å². The lowest BCUT2D eigenvalue weighted by Gasteiger charge is -2.13. The van der Waals surface area contributed by atoms with E-state index in [4.69, 9.17) is 14.2 Å². The summed E-state index contributed by atoms with van der Waals surface area (Å²) >= 11 is 1.37. The molecule has 142 valence electrons. The number of methoxy groups -OCH3 is 3. The van der Waals surface area contributed by atoms with Crippen LogP contribution in [0.2, 0.25) is 0 Å². The number of hydrogen-bond acceptors (Lipinski definition) is 7. The van der Waals surface area contributed by atoms with Crippen LogP contribution in [-0.2, 0) is 7.05 Å². The summed E-state index contributed by atoms with van der Waals surface area (Å²) in [5.74, 6) is 1.73. The Labute approximate surface area is 160 Å². The maximum Gasteiger partial charge on any atom is 0.257 e. The maximum absolute atomic E-state index is 12.7. The number of aryl methyl sites for hydroxylation is 2. The lowest BCUT2D eigenvalue weighted by molar-refractivity contribution is 0.102. The fourth-order valence-corrected chi connectivity index (χ4v) is 3.62. The summed E-state index contributed by atoms with van der Waals surface area (Å²) in [6.45, 7) is 1.88. The molecule has 0 radical (unpaired) electrons. The van der Waals surface area contributed by atoms with E-state index in [0.717, 1.165) is 16.4 Å². The molecule has 0 atom stereocenters. The van der Waals surface area contributed by atoms with E-state index < -0.39 is 0 Å². The first kappa shape index (κ1) is 18.7. The van der Waals surface area contributed by atoms with Crippen LogP contribution in [-0.4, -0.2) is 41.8 Å². The highest BCUT2D eigenvalue weighted by atomic mass is 32.1. The highest BCUT2D eigenvalue weighted by Crippen LogP contribution is 2.38. The number of thiazole rings is 1. The van der Waals surface area contributed by atoms with Crippen molar-refractivity contribution in [1.29, 1.82) is 0 Å². The predicted octanol–water partition coefficient (Wildman–Crippen LogP) is 3.13. The third-order valence-corrected chi connectivity index (χ3v) is 5.04. The van der Waals surface area contributed by atoms with Crippen LogP contribution in [0.25, 0.3) is 10.7 Å². The summed E-state index contributed by atoms with van der Waals surface area (Å²) in [6, 6.07) is 3.19. The largest absolute Gasteiger partial charge is 0.493 e. The number of rotatable bonds is 6. The second-order valence-corrected chi connectivity index (χ2v) is 6.66. The van der Waals surface area contributed by atoms with Gasteiger partial charge in [0.2, 0.25) is 5.75 Å². The number of anilines is 1. The maximum atomic E-state index is 12.7. The summed E-state index contributed by atoms with van der Waals surface area (Å²) in [5, 5.41) is 3.31. The standard InChI is InChI=1S/C18H20N4O4S/c1-10-15(16-19-6-7-22(16)2)27-18(20-10)21-17(23)11-8-12(24-3)14(26-5)13(9-11)25-4/h6-9H,1-5H3,(H,20,21,23). The van der Waals surface area contributed by atoms with Crippen LogP contribution in [0.3, 0.4) is 0 Å². The van der Waals surface area contributed by atoms with Crippen LogP contribution in [0.15, 0.2) is 24.5 Å². The molecule has 2 heterocycles. The number of nitrogens with zero attached hydrogens (tertiary/aromatic N) is 3. The van der Waals surface area contributed by atoms with Crippen LogP contribution in [0.1, 0.15) is 16.1 Å². The SMILES string of the molecule is COc1cc(C(=O)Nc2nc(C)c(-c3nccn3C)s2)cc(OC)c1OC. The van der Waals surface area contributed by atoms with Gasteiger partial charge in [0.1, 0.15) is 0 Å². The minimum Gasteiger partial charge on any atom is -0.493 e. The Hall–Kier alpha value is -3.07. The number of benzene rings is 1. The van der Waals surface area contributed by atoms with Crippen molar-refractivity contribution in [2.45, 2.75) is 6.92 Å². The number of nitrogens with one attached hydrogen (secondary N) is 1. The number of imidazole rings is 1. The molecule has 0 aliphatic carbocycles. The van der Waals surface area contributed by atoms with Crippen molar-refractivity contribution in [3.05, 3.63) is 35.8 Å². The predicted molar refractivity (Wildman–Crippen MR) is 103 cm³/mol. The fourth-order valence-electron chi connectivity index (χ4n) is 2.62. The second kappa shape index (κ2) is 7.67. The lowest BCUT2D eigenvalue weighted by Crippen LogP contribution is -2.12. The first-order chi connectivity index (χ1) is 13.0. The van der Waals surface area contributed by atoms with E-state index in [-0.39, 0.29) is 5.91 Å². The molecule has 1 N–H and O–H groups in total. The van der Waals surface area contributed by atoms with Crippen LogP contribution >= 0.6 is 11.3 Å². The van der Waals surface area contributed by atoms with Crippen molar-refractivity contribution in [2.75, 3.05) is 26.6 Å². The highest BCUT2D eigenvalue weighted by Gasteiger charge is 2.19. The number of amides is 1. The van der Waals surface area contributed by atoms with Gasteiger partial charge in [-0.2, -0.15) is 0 Å². The Morgan fingerprint density at radius 3 is 2.33 bits per heavy atom. The minimum absolute atomic E-state index is 0.325. The molecule has 3 aromatic rings. The second-order valence-electron chi connectivity index (χ2n) is 5.66.